The van der Waals surface area contributed by atoms with Crippen molar-refractivity contribution in [3.63, 3.8) is 0 Å². The van der Waals surface area contributed by atoms with Crippen LogP contribution in [0.3, 0.4) is 0 Å². The van der Waals surface area contributed by atoms with E-state index < -0.39 is 17.9 Å². The molecule has 3 rings (SSSR count). The summed E-state index contributed by atoms with van der Waals surface area (Å²) < 4.78 is 0. The monoisotopic (exact) mass is 447 g/mol. The molecule has 0 aromatic rings. The zero-order valence-electron chi connectivity index (χ0n) is 20.2. The fraction of sp³-hybridized carbons (Fsp3) is 0.800. The number of hydrogen-bond donors (Lipinski definition) is 2. The summed E-state index contributed by atoms with van der Waals surface area (Å²) in [5.74, 6) is -0.610. The van der Waals surface area contributed by atoms with E-state index in [9.17, 15) is 19.5 Å². The molecular weight excluding hydrogens is 406 g/mol. The standard InChI is InChI=1S/C25H41N3O4/c1-16(2)13-21-23(29)28(12-10-26-21)22(14-17(3)4)24(30)27-11-9-19(25(31)32)20(15-27)18-7-5-6-8-18/h7,16-17,19-22,26H,5-6,8-15H2,1-4H3,(H,31,32)/t19?,20?,21-,22-/m0/s1. The minimum absolute atomic E-state index is 0.00955. The molecule has 2 unspecified atom stereocenters. The van der Waals surface area contributed by atoms with Gasteiger partial charge in [0.25, 0.3) is 0 Å². The van der Waals surface area contributed by atoms with Gasteiger partial charge >= 0.3 is 5.97 Å². The van der Waals surface area contributed by atoms with E-state index in [1.54, 1.807) is 4.90 Å². The van der Waals surface area contributed by atoms with Gasteiger partial charge in [0, 0.05) is 32.1 Å². The average molecular weight is 448 g/mol. The number of rotatable bonds is 8. The Morgan fingerprint density at radius 3 is 2.53 bits per heavy atom. The van der Waals surface area contributed by atoms with Gasteiger partial charge in [0.1, 0.15) is 6.04 Å². The first-order valence-corrected chi connectivity index (χ1v) is 12.4. The molecule has 7 nitrogen and oxygen atoms in total. The van der Waals surface area contributed by atoms with Crippen molar-refractivity contribution in [2.24, 2.45) is 23.7 Å². The number of carboxylic acids is 1. The molecule has 1 aliphatic carbocycles. The van der Waals surface area contributed by atoms with Crippen LogP contribution in [0.5, 0.6) is 0 Å². The van der Waals surface area contributed by atoms with Gasteiger partial charge in [-0.15, -0.1) is 0 Å². The molecule has 3 aliphatic rings. The Bertz CT molecular complexity index is 733. The van der Waals surface area contributed by atoms with Crippen LogP contribution >= 0.6 is 0 Å². The number of aliphatic carboxylic acids is 1. The lowest BCUT2D eigenvalue weighted by Crippen LogP contribution is -2.62. The normalized spacial score (nSPS) is 27.8. The Kier molecular flexibility index (Phi) is 8.37. The van der Waals surface area contributed by atoms with Crippen LogP contribution in [-0.2, 0) is 14.4 Å². The first-order chi connectivity index (χ1) is 15.2. The highest BCUT2D eigenvalue weighted by Gasteiger charge is 2.42. The lowest BCUT2D eigenvalue weighted by Gasteiger charge is -2.43. The Morgan fingerprint density at radius 1 is 1.19 bits per heavy atom. The molecule has 32 heavy (non-hydrogen) atoms. The molecule has 4 atom stereocenters. The SMILES string of the molecule is CC(C)C[C@@H]1NCCN([C@@H](CC(C)C)C(=O)N2CCC(C(=O)O)C(C3=CCCC3)C2)C1=O. The van der Waals surface area contributed by atoms with Gasteiger partial charge in [-0.1, -0.05) is 39.3 Å². The van der Waals surface area contributed by atoms with Crippen molar-refractivity contribution in [3.05, 3.63) is 11.6 Å². The number of piperidine rings is 1. The molecule has 2 heterocycles. The topological polar surface area (TPSA) is 90.0 Å². The number of carboxylic acid groups (broad SMARTS) is 1. The van der Waals surface area contributed by atoms with Gasteiger partial charge in [0.15, 0.2) is 0 Å². The molecular formula is C25H41N3O4. The van der Waals surface area contributed by atoms with Crippen LogP contribution in [0, 0.1) is 23.7 Å². The zero-order valence-corrected chi connectivity index (χ0v) is 20.2. The molecule has 0 aromatic carbocycles. The van der Waals surface area contributed by atoms with E-state index in [-0.39, 0.29) is 29.7 Å². The summed E-state index contributed by atoms with van der Waals surface area (Å²) >= 11 is 0. The number of likely N-dealkylation sites (tertiary alicyclic amines) is 1. The van der Waals surface area contributed by atoms with Crippen molar-refractivity contribution in [3.8, 4) is 0 Å². The number of nitrogens with one attached hydrogen (secondary N) is 1. The Balaban J connectivity index is 1.79. The number of carbonyl (C=O) groups is 3. The molecule has 7 heteroatoms. The Labute approximate surface area is 192 Å². The van der Waals surface area contributed by atoms with E-state index in [4.69, 9.17) is 0 Å². The molecule has 2 N–H and O–H groups in total. The number of allylic oxidation sites excluding steroid dienone is 1. The molecule has 0 radical (unpaired) electrons. The largest absolute Gasteiger partial charge is 0.481 e. The summed E-state index contributed by atoms with van der Waals surface area (Å²) in [6.45, 7) is 10.5. The highest BCUT2D eigenvalue weighted by molar-refractivity contribution is 5.90. The third kappa shape index (κ3) is 5.72. The molecule has 180 valence electrons. The highest BCUT2D eigenvalue weighted by Crippen LogP contribution is 2.36. The molecule has 0 bridgehead atoms. The van der Waals surface area contributed by atoms with Gasteiger partial charge in [-0.25, -0.2) is 0 Å². The maximum absolute atomic E-state index is 13.8. The van der Waals surface area contributed by atoms with Gasteiger partial charge in [-0.3, -0.25) is 14.4 Å². The minimum atomic E-state index is -0.762. The molecule has 2 saturated heterocycles. The Hall–Kier alpha value is -1.89. The molecule has 2 amide bonds. The minimum Gasteiger partial charge on any atom is -0.481 e. The van der Waals surface area contributed by atoms with Gasteiger partial charge in [-0.2, -0.15) is 0 Å². The van der Waals surface area contributed by atoms with Crippen molar-refractivity contribution in [1.82, 2.24) is 15.1 Å². The van der Waals surface area contributed by atoms with Gasteiger partial charge in [-0.05, 0) is 50.4 Å². The molecule has 2 fully saturated rings. The van der Waals surface area contributed by atoms with Gasteiger partial charge in [0.2, 0.25) is 11.8 Å². The molecule has 0 spiro atoms. The number of piperazine rings is 1. The number of carbonyl (C=O) groups excluding carboxylic acids is 2. The van der Waals surface area contributed by atoms with E-state index in [1.165, 1.54) is 5.57 Å². The smallest absolute Gasteiger partial charge is 0.307 e. The summed E-state index contributed by atoms with van der Waals surface area (Å²) in [7, 11) is 0. The predicted octanol–water partition coefficient (Wildman–Crippen LogP) is 2.91. The van der Waals surface area contributed by atoms with Crippen molar-refractivity contribution < 1.29 is 19.5 Å². The van der Waals surface area contributed by atoms with Gasteiger partial charge in [0.05, 0.1) is 12.0 Å². The van der Waals surface area contributed by atoms with Crippen LogP contribution < -0.4 is 5.32 Å². The van der Waals surface area contributed by atoms with E-state index in [0.717, 1.165) is 25.7 Å². The fourth-order valence-corrected chi connectivity index (χ4v) is 5.60. The second-order valence-electron chi connectivity index (χ2n) is 10.6. The Morgan fingerprint density at radius 2 is 1.94 bits per heavy atom. The second-order valence-corrected chi connectivity index (χ2v) is 10.6. The third-order valence-corrected chi connectivity index (χ3v) is 7.18. The van der Waals surface area contributed by atoms with Crippen molar-refractivity contribution in [2.75, 3.05) is 26.2 Å². The van der Waals surface area contributed by atoms with Crippen molar-refractivity contribution in [1.29, 1.82) is 0 Å². The molecule has 0 saturated carbocycles. The lowest BCUT2D eigenvalue weighted by molar-refractivity contribution is -0.153. The number of hydrogen-bond acceptors (Lipinski definition) is 4. The summed E-state index contributed by atoms with van der Waals surface area (Å²) in [6.07, 6.45) is 7.03. The summed E-state index contributed by atoms with van der Waals surface area (Å²) in [5, 5.41) is 13.1. The molecule has 2 aliphatic heterocycles. The maximum atomic E-state index is 13.8. The maximum Gasteiger partial charge on any atom is 0.307 e. The quantitative estimate of drug-likeness (QED) is 0.559. The van der Waals surface area contributed by atoms with Crippen LogP contribution in [0.4, 0.5) is 0 Å². The van der Waals surface area contributed by atoms with Crippen LogP contribution in [0.15, 0.2) is 11.6 Å². The highest BCUT2D eigenvalue weighted by atomic mass is 16.4. The third-order valence-electron chi connectivity index (χ3n) is 7.18. The summed E-state index contributed by atoms with van der Waals surface area (Å²) in [5.41, 5.74) is 1.20. The van der Waals surface area contributed by atoms with E-state index in [2.05, 4.69) is 39.1 Å². The predicted molar refractivity (Wildman–Crippen MR) is 124 cm³/mol. The molecule has 0 aromatic heterocycles. The average Bonchev–Trinajstić information content (AvgIpc) is 3.27. The first-order valence-electron chi connectivity index (χ1n) is 12.4. The van der Waals surface area contributed by atoms with Crippen molar-refractivity contribution in [2.45, 2.75) is 78.3 Å². The van der Waals surface area contributed by atoms with E-state index in [0.29, 0.717) is 44.9 Å². The number of amides is 2. The fourth-order valence-electron chi connectivity index (χ4n) is 5.60. The van der Waals surface area contributed by atoms with E-state index >= 15 is 0 Å². The zero-order chi connectivity index (χ0) is 23.4. The van der Waals surface area contributed by atoms with Crippen LogP contribution in [-0.4, -0.2) is 71.0 Å². The van der Waals surface area contributed by atoms with Crippen LogP contribution in [0.25, 0.3) is 0 Å². The summed E-state index contributed by atoms with van der Waals surface area (Å²) in [4.78, 5) is 42.6. The first kappa shape index (κ1) is 24.7. The lowest BCUT2D eigenvalue weighted by atomic mass is 9.79. The van der Waals surface area contributed by atoms with E-state index in [1.807, 2.05) is 4.90 Å². The van der Waals surface area contributed by atoms with Crippen molar-refractivity contribution >= 4 is 17.8 Å². The number of nitrogens with zero attached hydrogens (tertiary/aromatic N) is 2. The van der Waals surface area contributed by atoms with Crippen LogP contribution in [0.1, 0.15) is 66.2 Å². The van der Waals surface area contributed by atoms with Gasteiger partial charge < -0.3 is 20.2 Å². The van der Waals surface area contributed by atoms with Crippen LogP contribution in [0.2, 0.25) is 0 Å². The second kappa shape index (κ2) is 10.8. The summed E-state index contributed by atoms with van der Waals surface area (Å²) in [6, 6.07) is -0.709.